The summed E-state index contributed by atoms with van der Waals surface area (Å²) in [5, 5.41) is 18.3. The fourth-order valence-corrected chi connectivity index (χ4v) is 0.597. The van der Waals surface area contributed by atoms with Crippen molar-refractivity contribution in [3.8, 4) is 6.19 Å². The maximum absolute atomic E-state index is 8.24. The molecule has 0 fully saturated rings. The van der Waals surface area contributed by atoms with Gasteiger partial charge in [0.15, 0.2) is 0 Å². The minimum absolute atomic E-state index is 0.121. The Kier molecular flexibility index (Phi) is 2.18. The van der Waals surface area contributed by atoms with Gasteiger partial charge in [-0.3, -0.25) is 0 Å². The molecule has 0 spiro atoms. The first-order valence-corrected chi connectivity index (χ1v) is 3.45. The third-order valence-corrected chi connectivity index (χ3v) is 1.26. The van der Waals surface area contributed by atoms with Crippen LogP contribution in [0.1, 0.15) is 5.82 Å². The van der Waals surface area contributed by atoms with Gasteiger partial charge in [-0.25, -0.2) is 0 Å². The number of nitrogens with zero attached hydrogens (tertiary/aromatic N) is 5. The molecule has 0 N–H and O–H groups in total. The highest BCUT2D eigenvalue weighted by Gasteiger charge is 2.28. The molecule has 0 atom stereocenters. The maximum Gasteiger partial charge on any atom is 0.254 e. The highest BCUT2D eigenvalue weighted by Crippen LogP contribution is 2.34. The monoisotopic (exact) mass is 211 g/mol. The van der Waals surface area contributed by atoms with Crippen LogP contribution < -0.4 is 0 Å². The summed E-state index contributed by atoms with van der Waals surface area (Å²) in [6.45, 7) is 0. The summed E-state index contributed by atoms with van der Waals surface area (Å²) in [7, 11) is 0. The van der Waals surface area contributed by atoms with Crippen LogP contribution in [0.15, 0.2) is 0 Å². The van der Waals surface area contributed by atoms with Crippen LogP contribution in [0.5, 0.6) is 0 Å². The lowest BCUT2D eigenvalue weighted by Crippen LogP contribution is -2.03. The molecule has 0 aliphatic heterocycles. The van der Waals surface area contributed by atoms with Crippen LogP contribution in [0.3, 0.4) is 0 Å². The molecule has 8 heteroatoms. The second-order valence-electron chi connectivity index (χ2n) is 1.50. The molecule has 11 heavy (non-hydrogen) atoms. The van der Waals surface area contributed by atoms with E-state index in [1.165, 1.54) is 0 Å². The fourth-order valence-electron chi connectivity index (χ4n) is 0.370. The Hall–Kier alpha value is -0.570. The normalized spacial score (nSPS) is 11.1. The lowest BCUT2D eigenvalue weighted by Gasteiger charge is -2.01. The van der Waals surface area contributed by atoms with Crippen molar-refractivity contribution in [3.05, 3.63) is 5.82 Å². The molecule has 0 saturated heterocycles. The molecular formula is C3Cl3N5. The number of alkyl halides is 3. The standard InChI is InChI=1S/C3Cl3N5/c4-3(5,6)2-8-10-11(1-7)9-2. The molecule has 0 aliphatic rings. The molecule has 0 bridgehead atoms. The first kappa shape index (κ1) is 8.53. The first-order valence-electron chi connectivity index (χ1n) is 2.31. The Morgan fingerprint density at radius 3 is 2.36 bits per heavy atom. The molecule has 0 amide bonds. The van der Waals surface area contributed by atoms with Gasteiger partial charge in [0.25, 0.3) is 3.79 Å². The molecule has 1 heterocycles. The van der Waals surface area contributed by atoms with Crippen molar-refractivity contribution in [2.24, 2.45) is 0 Å². The van der Waals surface area contributed by atoms with Crippen LogP contribution in [-0.2, 0) is 3.79 Å². The molecule has 0 unspecified atom stereocenters. The van der Waals surface area contributed by atoms with Gasteiger partial charge < -0.3 is 0 Å². The smallest absolute Gasteiger partial charge is 0.169 e. The van der Waals surface area contributed by atoms with E-state index in [1.54, 1.807) is 6.19 Å². The Balaban J connectivity index is 3.01. The van der Waals surface area contributed by atoms with Gasteiger partial charge in [0, 0.05) is 0 Å². The topological polar surface area (TPSA) is 67.4 Å². The Labute approximate surface area is 76.4 Å². The molecule has 1 aromatic rings. The maximum atomic E-state index is 8.24. The lowest BCUT2D eigenvalue weighted by molar-refractivity contribution is 0.732. The van der Waals surface area contributed by atoms with Crippen molar-refractivity contribution in [2.45, 2.75) is 3.79 Å². The number of tetrazole rings is 1. The van der Waals surface area contributed by atoms with Gasteiger partial charge >= 0.3 is 0 Å². The average Bonchev–Trinajstić information content (AvgIpc) is 2.32. The van der Waals surface area contributed by atoms with E-state index < -0.39 is 3.79 Å². The zero-order valence-corrected chi connectivity index (χ0v) is 7.14. The van der Waals surface area contributed by atoms with E-state index in [0.717, 1.165) is 0 Å². The third kappa shape index (κ3) is 1.93. The SMILES string of the molecule is N#Cn1nnc(C(Cl)(Cl)Cl)n1. The van der Waals surface area contributed by atoms with Gasteiger partial charge in [0.1, 0.15) is 0 Å². The zero-order chi connectivity index (χ0) is 8.48. The summed E-state index contributed by atoms with van der Waals surface area (Å²) in [6, 6.07) is 0. The van der Waals surface area contributed by atoms with E-state index in [-0.39, 0.29) is 5.82 Å². The van der Waals surface area contributed by atoms with Crippen molar-refractivity contribution in [1.82, 2.24) is 20.2 Å². The molecule has 0 saturated carbocycles. The summed E-state index contributed by atoms with van der Waals surface area (Å²) < 4.78 is -1.73. The van der Waals surface area contributed by atoms with Gasteiger partial charge in [-0.15, -0.1) is 10.2 Å². The Morgan fingerprint density at radius 2 is 2.09 bits per heavy atom. The minimum atomic E-state index is -1.73. The molecule has 0 radical (unpaired) electrons. The van der Waals surface area contributed by atoms with E-state index in [4.69, 9.17) is 40.1 Å². The molecular weight excluding hydrogens is 212 g/mol. The van der Waals surface area contributed by atoms with E-state index in [0.29, 0.717) is 4.80 Å². The third-order valence-electron chi connectivity index (χ3n) is 0.757. The minimum Gasteiger partial charge on any atom is -0.169 e. The van der Waals surface area contributed by atoms with Crippen LogP contribution in [0.4, 0.5) is 0 Å². The summed E-state index contributed by atoms with van der Waals surface area (Å²) in [6.07, 6.45) is 1.58. The largest absolute Gasteiger partial charge is 0.254 e. The fraction of sp³-hybridized carbons (Fsp3) is 0.333. The summed E-state index contributed by atoms with van der Waals surface area (Å²) in [5.74, 6) is -0.121. The Bertz CT molecular complexity index is 293. The number of hydrogen-bond donors (Lipinski definition) is 0. The predicted octanol–water partition coefficient (Wildman–Crippen LogP) is 0.829. The van der Waals surface area contributed by atoms with Crippen molar-refractivity contribution in [2.75, 3.05) is 0 Å². The number of halogens is 3. The first-order chi connectivity index (χ1) is 5.04. The van der Waals surface area contributed by atoms with Gasteiger partial charge in [0.2, 0.25) is 12.0 Å². The van der Waals surface area contributed by atoms with Gasteiger partial charge in [-0.1, -0.05) is 39.6 Å². The van der Waals surface area contributed by atoms with Gasteiger partial charge in [-0.05, 0) is 5.21 Å². The van der Waals surface area contributed by atoms with E-state index >= 15 is 0 Å². The average molecular weight is 212 g/mol. The highest BCUT2D eigenvalue weighted by molar-refractivity contribution is 6.66. The summed E-state index contributed by atoms with van der Waals surface area (Å²) in [4.78, 5) is 0.650. The zero-order valence-electron chi connectivity index (χ0n) is 4.87. The molecule has 58 valence electrons. The Morgan fingerprint density at radius 1 is 1.45 bits per heavy atom. The van der Waals surface area contributed by atoms with Crippen molar-refractivity contribution >= 4 is 34.8 Å². The van der Waals surface area contributed by atoms with E-state index in [9.17, 15) is 0 Å². The number of nitriles is 1. The van der Waals surface area contributed by atoms with E-state index in [1.807, 2.05) is 0 Å². The van der Waals surface area contributed by atoms with Crippen molar-refractivity contribution in [3.63, 3.8) is 0 Å². The van der Waals surface area contributed by atoms with Crippen LogP contribution >= 0.6 is 34.8 Å². The molecule has 0 aromatic carbocycles. The number of aromatic nitrogens is 4. The quantitative estimate of drug-likeness (QED) is 0.597. The van der Waals surface area contributed by atoms with Crippen LogP contribution in [-0.4, -0.2) is 20.2 Å². The van der Waals surface area contributed by atoms with Crippen molar-refractivity contribution in [1.29, 1.82) is 5.26 Å². The molecule has 0 aliphatic carbocycles. The highest BCUT2D eigenvalue weighted by atomic mass is 35.6. The van der Waals surface area contributed by atoms with Crippen LogP contribution in [0.25, 0.3) is 0 Å². The molecule has 5 nitrogen and oxygen atoms in total. The number of hydrogen-bond acceptors (Lipinski definition) is 4. The summed E-state index contributed by atoms with van der Waals surface area (Å²) >= 11 is 16.1. The van der Waals surface area contributed by atoms with Crippen LogP contribution in [0, 0.1) is 11.5 Å². The molecule has 1 rings (SSSR count). The van der Waals surface area contributed by atoms with Gasteiger partial charge in [-0.2, -0.15) is 5.26 Å². The van der Waals surface area contributed by atoms with Gasteiger partial charge in [0.05, 0.1) is 0 Å². The van der Waals surface area contributed by atoms with Crippen molar-refractivity contribution < 1.29 is 0 Å². The second-order valence-corrected chi connectivity index (χ2v) is 3.78. The predicted molar refractivity (Wildman–Crippen MR) is 38.1 cm³/mol. The van der Waals surface area contributed by atoms with E-state index in [2.05, 4.69) is 15.4 Å². The summed E-state index contributed by atoms with van der Waals surface area (Å²) in [5.41, 5.74) is 0. The number of rotatable bonds is 0. The second kappa shape index (κ2) is 2.81. The lowest BCUT2D eigenvalue weighted by atomic mass is 10.7. The van der Waals surface area contributed by atoms with Crippen LogP contribution in [0.2, 0.25) is 0 Å². The molecule has 1 aromatic heterocycles.